The molecule has 0 saturated carbocycles. The molecule has 2 N–H and O–H groups in total. The molecule has 1 aliphatic rings. The number of nitrogens with zero attached hydrogens (tertiary/aromatic N) is 2. The zero-order chi connectivity index (χ0) is 12.7. The van der Waals surface area contributed by atoms with Crippen LogP contribution in [0.15, 0.2) is 18.5 Å². The molecule has 5 nitrogen and oxygen atoms in total. The Morgan fingerprint density at radius 2 is 2.06 bits per heavy atom. The standard InChI is InChI=1S/C13H15N3O2/c1-8-3-11-12(18-7-17-11)4-9(8)13-10(5-14)16(2)6-15-13/h3-4,6H,5,7,14H2,1-2H3. The molecule has 1 aromatic heterocycles. The summed E-state index contributed by atoms with van der Waals surface area (Å²) in [5, 5.41) is 0. The normalized spacial score (nSPS) is 13.1. The first-order valence-corrected chi connectivity index (χ1v) is 5.81. The van der Waals surface area contributed by atoms with Crippen molar-refractivity contribution in [3.63, 3.8) is 0 Å². The second-order valence-corrected chi connectivity index (χ2v) is 4.38. The van der Waals surface area contributed by atoms with Crippen LogP contribution in [0.5, 0.6) is 11.5 Å². The lowest BCUT2D eigenvalue weighted by Crippen LogP contribution is -2.04. The molecule has 2 aromatic rings. The molecule has 0 saturated heterocycles. The number of fused-ring (bicyclic) bond motifs is 1. The van der Waals surface area contributed by atoms with Crippen LogP contribution in [0.1, 0.15) is 11.3 Å². The van der Waals surface area contributed by atoms with Crippen LogP contribution in [-0.4, -0.2) is 16.3 Å². The van der Waals surface area contributed by atoms with E-state index in [1.807, 2.05) is 30.7 Å². The molecular formula is C13H15N3O2. The van der Waals surface area contributed by atoms with Crippen LogP contribution in [0.25, 0.3) is 11.3 Å². The monoisotopic (exact) mass is 245 g/mol. The van der Waals surface area contributed by atoms with E-state index in [1.54, 1.807) is 6.33 Å². The molecule has 94 valence electrons. The summed E-state index contributed by atoms with van der Waals surface area (Å²) < 4.78 is 12.7. The highest BCUT2D eigenvalue weighted by atomic mass is 16.7. The van der Waals surface area contributed by atoms with E-state index in [1.165, 1.54) is 0 Å². The van der Waals surface area contributed by atoms with Gasteiger partial charge in [0.25, 0.3) is 0 Å². The molecule has 0 atom stereocenters. The van der Waals surface area contributed by atoms with Crippen LogP contribution in [0, 0.1) is 6.92 Å². The van der Waals surface area contributed by atoms with Crippen LogP contribution in [0.3, 0.4) is 0 Å². The van der Waals surface area contributed by atoms with Crippen LogP contribution >= 0.6 is 0 Å². The Morgan fingerprint density at radius 1 is 1.33 bits per heavy atom. The summed E-state index contributed by atoms with van der Waals surface area (Å²) in [6.07, 6.45) is 1.78. The van der Waals surface area contributed by atoms with Crippen molar-refractivity contribution in [1.82, 2.24) is 9.55 Å². The third-order valence-corrected chi connectivity index (χ3v) is 3.23. The second-order valence-electron chi connectivity index (χ2n) is 4.38. The molecule has 18 heavy (non-hydrogen) atoms. The van der Waals surface area contributed by atoms with E-state index in [2.05, 4.69) is 4.98 Å². The van der Waals surface area contributed by atoms with Crippen LogP contribution in [0.2, 0.25) is 0 Å². The van der Waals surface area contributed by atoms with E-state index >= 15 is 0 Å². The van der Waals surface area contributed by atoms with E-state index in [0.29, 0.717) is 6.54 Å². The number of hydrogen-bond acceptors (Lipinski definition) is 4. The van der Waals surface area contributed by atoms with Gasteiger partial charge in [0.05, 0.1) is 17.7 Å². The summed E-state index contributed by atoms with van der Waals surface area (Å²) >= 11 is 0. The Labute approximate surface area is 105 Å². The molecular weight excluding hydrogens is 230 g/mol. The minimum absolute atomic E-state index is 0.282. The third kappa shape index (κ3) is 1.55. The van der Waals surface area contributed by atoms with Crippen molar-refractivity contribution in [2.24, 2.45) is 12.8 Å². The Balaban J connectivity index is 2.17. The van der Waals surface area contributed by atoms with Crippen molar-refractivity contribution >= 4 is 0 Å². The number of aromatic nitrogens is 2. The van der Waals surface area contributed by atoms with E-state index in [-0.39, 0.29) is 6.79 Å². The largest absolute Gasteiger partial charge is 0.454 e. The molecule has 0 bridgehead atoms. The van der Waals surface area contributed by atoms with E-state index in [0.717, 1.165) is 34.0 Å². The average Bonchev–Trinajstić information content (AvgIpc) is 2.93. The van der Waals surface area contributed by atoms with Gasteiger partial charge in [-0.2, -0.15) is 0 Å². The van der Waals surface area contributed by atoms with Gasteiger partial charge in [-0.1, -0.05) is 0 Å². The SMILES string of the molecule is Cc1cc2c(cc1-c1ncn(C)c1CN)OCO2. The Morgan fingerprint density at radius 3 is 2.78 bits per heavy atom. The molecule has 0 fully saturated rings. The van der Waals surface area contributed by atoms with Crippen molar-refractivity contribution < 1.29 is 9.47 Å². The Bertz CT molecular complexity index is 605. The summed E-state index contributed by atoms with van der Waals surface area (Å²) in [5.74, 6) is 1.56. The molecule has 0 spiro atoms. The van der Waals surface area contributed by atoms with Gasteiger partial charge < -0.3 is 19.8 Å². The number of hydrogen-bond donors (Lipinski definition) is 1. The van der Waals surface area contributed by atoms with Gasteiger partial charge in [0.1, 0.15) is 0 Å². The van der Waals surface area contributed by atoms with Crippen LogP contribution in [-0.2, 0) is 13.6 Å². The van der Waals surface area contributed by atoms with Gasteiger partial charge in [-0.25, -0.2) is 4.98 Å². The van der Waals surface area contributed by atoms with Crippen molar-refractivity contribution in [2.45, 2.75) is 13.5 Å². The predicted octanol–water partition coefficient (Wildman–Crippen LogP) is 1.58. The van der Waals surface area contributed by atoms with Crippen molar-refractivity contribution in [3.05, 3.63) is 29.7 Å². The lowest BCUT2D eigenvalue weighted by molar-refractivity contribution is 0.174. The van der Waals surface area contributed by atoms with Crippen molar-refractivity contribution in [2.75, 3.05) is 6.79 Å². The minimum atomic E-state index is 0.282. The molecule has 3 rings (SSSR count). The molecule has 0 aliphatic carbocycles. The second kappa shape index (κ2) is 4.03. The molecule has 0 unspecified atom stereocenters. The van der Waals surface area contributed by atoms with Crippen molar-refractivity contribution in [1.29, 1.82) is 0 Å². The summed E-state index contributed by atoms with van der Waals surface area (Å²) in [7, 11) is 1.95. The van der Waals surface area contributed by atoms with Gasteiger partial charge in [0.15, 0.2) is 11.5 Å². The number of aryl methyl sites for hydroxylation is 2. The fourth-order valence-corrected chi connectivity index (χ4v) is 2.22. The van der Waals surface area contributed by atoms with Gasteiger partial charge in [-0.05, 0) is 24.6 Å². The number of ether oxygens (including phenoxy) is 2. The van der Waals surface area contributed by atoms with Gasteiger partial charge in [0.2, 0.25) is 6.79 Å². The molecule has 0 amide bonds. The third-order valence-electron chi connectivity index (χ3n) is 3.23. The summed E-state index contributed by atoms with van der Waals surface area (Å²) in [6.45, 7) is 2.77. The maximum atomic E-state index is 5.78. The zero-order valence-electron chi connectivity index (χ0n) is 10.4. The van der Waals surface area contributed by atoms with E-state index in [9.17, 15) is 0 Å². The average molecular weight is 245 g/mol. The first-order valence-electron chi connectivity index (χ1n) is 5.81. The lowest BCUT2D eigenvalue weighted by Gasteiger charge is -2.08. The Hall–Kier alpha value is -2.01. The first kappa shape index (κ1) is 11.1. The molecule has 0 radical (unpaired) electrons. The smallest absolute Gasteiger partial charge is 0.231 e. The molecule has 1 aliphatic heterocycles. The Kier molecular flexibility index (Phi) is 2.48. The topological polar surface area (TPSA) is 62.3 Å². The van der Waals surface area contributed by atoms with Crippen LogP contribution < -0.4 is 15.2 Å². The van der Waals surface area contributed by atoms with Gasteiger partial charge in [-0.3, -0.25) is 0 Å². The lowest BCUT2D eigenvalue weighted by atomic mass is 10.0. The minimum Gasteiger partial charge on any atom is -0.454 e. The quantitative estimate of drug-likeness (QED) is 0.872. The van der Waals surface area contributed by atoms with Crippen LogP contribution in [0.4, 0.5) is 0 Å². The fourth-order valence-electron chi connectivity index (χ4n) is 2.22. The number of rotatable bonds is 2. The highest BCUT2D eigenvalue weighted by Gasteiger charge is 2.19. The summed E-state index contributed by atoms with van der Waals surface area (Å²) in [4.78, 5) is 4.43. The van der Waals surface area contributed by atoms with E-state index in [4.69, 9.17) is 15.2 Å². The van der Waals surface area contributed by atoms with Gasteiger partial charge in [0, 0.05) is 19.2 Å². The van der Waals surface area contributed by atoms with Crippen molar-refractivity contribution in [3.8, 4) is 22.8 Å². The summed E-state index contributed by atoms with van der Waals surface area (Å²) in [6, 6.07) is 3.95. The number of nitrogens with two attached hydrogens (primary N) is 1. The van der Waals surface area contributed by atoms with E-state index < -0.39 is 0 Å². The molecule has 1 aromatic carbocycles. The highest BCUT2D eigenvalue weighted by molar-refractivity contribution is 5.70. The van der Waals surface area contributed by atoms with Gasteiger partial charge >= 0.3 is 0 Å². The maximum absolute atomic E-state index is 5.78. The first-order chi connectivity index (χ1) is 8.70. The molecule has 2 heterocycles. The summed E-state index contributed by atoms with van der Waals surface area (Å²) in [5.41, 5.74) is 9.85. The van der Waals surface area contributed by atoms with Gasteiger partial charge in [-0.15, -0.1) is 0 Å². The highest BCUT2D eigenvalue weighted by Crippen LogP contribution is 2.38. The number of benzene rings is 1. The number of imidazole rings is 1. The fraction of sp³-hybridized carbons (Fsp3) is 0.308. The predicted molar refractivity (Wildman–Crippen MR) is 67.4 cm³/mol. The molecule has 5 heteroatoms. The maximum Gasteiger partial charge on any atom is 0.231 e. The zero-order valence-corrected chi connectivity index (χ0v) is 10.4.